The van der Waals surface area contributed by atoms with Crippen molar-refractivity contribution in [3.63, 3.8) is 0 Å². The maximum Gasteiger partial charge on any atom is 0.235 e. The molecule has 1 atom stereocenters. The van der Waals surface area contributed by atoms with Crippen LogP contribution in [0.3, 0.4) is 0 Å². The van der Waals surface area contributed by atoms with Gasteiger partial charge >= 0.3 is 0 Å². The summed E-state index contributed by atoms with van der Waals surface area (Å²) in [5, 5.41) is 2.76. The van der Waals surface area contributed by atoms with Crippen molar-refractivity contribution in [2.24, 2.45) is 0 Å². The second kappa shape index (κ2) is 9.67. The third kappa shape index (κ3) is 6.61. The SMILES string of the molecule is CCC(NC(=O)CN(Cc1ccccc1F)S(C)(=O)=O)c1ccc(S(C)(=O)=O)cc1. The number of halogens is 1. The van der Waals surface area contributed by atoms with Crippen LogP contribution in [0.1, 0.15) is 30.5 Å². The zero-order chi connectivity index (χ0) is 22.5. The van der Waals surface area contributed by atoms with E-state index in [1.807, 2.05) is 6.92 Å². The number of nitrogens with zero attached hydrogens (tertiary/aromatic N) is 1. The van der Waals surface area contributed by atoms with Crippen LogP contribution in [0.2, 0.25) is 0 Å². The summed E-state index contributed by atoms with van der Waals surface area (Å²) in [6.45, 7) is 1.10. The molecule has 0 heterocycles. The highest BCUT2D eigenvalue weighted by Crippen LogP contribution is 2.19. The van der Waals surface area contributed by atoms with E-state index >= 15 is 0 Å². The molecule has 0 spiro atoms. The summed E-state index contributed by atoms with van der Waals surface area (Å²) < 4.78 is 62.2. The van der Waals surface area contributed by atoms with E-state index in [4.69, 9.17) is 0 Å². The number of benzene rings is 2. The number of carbonyl (C=O) groups excluding carboxylic acids is 1. The smallest absolute Gasteiger partial charge is 0.235 e. The molecule has 0 aromatic heterocycles. The van der Waals surface area contributed by atoms with E-state index in [1.165, 1.54) is 30.3 Å². The zero-order valence-electron chi connectivity index (χ0n) is 17.0. The van der Waals surface area contributed by atoms with Gasteiger partial charge in [0.15, 0.2) is 9.84 Å². The van der Waals surface area contributed by atoms with E-state index in [9.17, 15) is 26.0 Å². The van der Waals surface area contributed by atoms with Gasteiger partial charge in [0.2, 0.25) is 15.9 Å². The van der Waals surface area contributed by atoms with Gasteiger partial charge in [0.1, 0.15) is 5.82 Å². The third-order valence-corrected chi connectivity index (χ3v) is 6.87. The maximum absolute atomic E-state index is 13.9. The fourth-order valence-electron chi connectivity index (χ4n) is 2.88. The lowest BCUT2D eigenvalue weighted by atomic mass is 10.0. The molecule has 30 heavy (non-hydrogen) atoms. The number of sulfonamides is 1. The molecule has 164 valence electrons. The number of carbonyl (C=O) groups is 1. The monoisotopic (exact) mass is 456 g/mol. The van der Waals surface area contributed by atoms with E-state index in [-0.39, 0.29) is 17.0 Å². The highest BCUT2D eigenvalue weighted by molar-refractivity contribution is 7.90. The van der Waals surface area contributed by atoms with Gasteiger partial charge in [-0.3, -0.25) is 4.79 Å². The summed E-state index contributed by atoms with van der Waals surface area (Å²) in [6, 6.07) is 11.5. The standard InChI is InChI=1S/C20H25FN2O5S2/c1-4-19(15-9-11-17(12-10-15)29(2,25)26)22-20(24)14-23(30(3,27)28)13-16-7-5-6-8-18(16)21/h5-12,19H,4,13-14H2,1-3H3,(H,22,24). The summed E-state index contributed by atoms with van der Waals surface area (Å²) in [4.78, 5) is 12.7. The van der Waals surface area contributed by atoms with Crippen molar-refractivity contribution in [1.29, 1.82) is 0 Å². The molecule has 1 N–H and O–H groups in total. The number of nitrogens with one attached hydrogen (secondary N) is 1. The van der Waals surface area contributed by atoms with Crippen LogP contribution >= 0.6 is 0 Å². The molecule has 1 unspecified atom stereocenters. The van der Waals surface area contributed by atoms with Crippen LogP contribution in [-0.4, -0.2) is 46.1 Å². The summed E-state index contributed by atoms with van der Waals surface area (Å²) in [6.07, 6.45) is 2.58. The second-order valence-corrected chi connectivity index (χ2v) is 11.0. The van der Waals surface area contributed by atoms with Gasteiger partial charge in [0, 0.05) is 18.4 Å². The molecule has 0 aliphatic heterocycles. The Kier molecular flexibility index (Phi) is 7.73. The average molecular weight is 457 g/mol. The Morgan fingerprint density at radius 1 is 1.03 bits per heavy atom. The van der Waals surface area contributed by atoms with E-state index in [2.05, 4.69) is 5.32 Å². The van der Waals surface area contributed by atoms with Crippen LogP contribution in [0, 0.1) is 5.82 Å². The summed E-state index contributed by atoms with van der Waals surface area (Å²) in [7, 11) is -7.10. The fourth-order valence-corrected chi connectivity index (χ4v) is 4.23. The molecule has 7 nitrogen and oxygen atoms in total. The number of hydrogen-bond donors (Lipinski definition) is 1. The number of amides is 1. The molecule has 0 saturated heterocycles. The first-order valence-electron chi connectivity index (χ1n) is 9.19. The lowest BCUT2D eigenvalue weighted by molar-refractivity contribution is -0.122. The molecular formula is C20H25FN2O5S2. The van der Waals surface area contributed by atoms with Crippen LogP contribution in [0.15, 0.2) is 53.4 Å². The first-order valence-corrected chi connectivity index (χ1v) is 12.9. The van der Waals surface area contributed by atoms with Gasteiger partial charge in [-0.15, -0.1) is 0 Å². The summed E-state index contributed by atoms with van der Waals surface area (Å²) >= 11 is 0. The van der Waals surface area contributed by atoms with Crippen LogP contribution < -0.4 is 5.32 Å². The van der Waals surface area contributed by atoms with Crippen LogP contribution in [0.25, 0.3) is 0 Å². The Balaban J connectivity index is 2.14. The molecule has 0 fully saturated rings. The lowest BCUT2D eigenvalue weighted by Gasteiger charge is -2.23. The minimum Gasteiger partial charge on any atom is -0.348 e. The van der Waals surface area contributed by atoms with E-state index in [1.54, 1.807) is 18.2 Å². The first kappa shape index (κ1) is 24.0. The summed E-state index contributed by atoms with van der Waals surface area (Å²) in [5.41, 5.74) is 0.859. The topological polar surface area (TPSA) is 101 Å². The Bertz CT molecular complexity index is 1100. The summed E-state index contributed by atoms with van der Waals surface area (Å²) in [5.74, 6) is -1.10. The maximum atomic E-state index is 13.9. The van der Waals surface area contributed by atoms with Gasteiger partial charge in [-0.25, -0.2) is 21.2 Å². The van der Waals surface area contributed by atoms with E-state index < -0.39 is 44.2 Å². The predicted molar refractivity (Wildman–Crippen MR) is 112 cm³/mol. The fraction of sp³-hybridized carbons (Fsp3) is 0.350. The zero-order valence-corrected chi connectivity index (χ0v) is 18.6. The van der Waals surface area contributed by atoms with Crippen molar-refractivity contribution in [2.75, 3.05) is 19.1 Å². The Morgan fingerprint density at radius 3 is 2.13 bits per heavy atom. The lowest BCUT2D eigenvalue weighted by Crippen LogP contribution is -2.41. The Labute approximate surface area is 176 Å². The minimum absolute atomic E-state index is 0.166. The first-order chi connectivity index (χ1) is 13.9. The molecule has 0 bridgehead atoms. The quantitative estimate of drug-likeness (QED) is 0.624. The van der Waals surface area contributed by atoms with Crippen molar-refractivity contribution in [3.05, 3.63) is 65.5 Å². The number of hydrogen-bond acceptors (Lipinski definition) is 5. The van der Waals surface area contributed by atoms with Gasteiger partial charge < -0.3 is 5.32 Å². The molecule has 2 aromatic rings. The van der Waals surface area contributed by atoms with Gasteiger partial charge in [0.25, 0.3) is 0 Å². The van der Waals surface area contributed by atoms with Crippen molar-refractivity contribution < 1.29 is 26.0 Å². The average Bonchev–Trinajstić information content (AvgIpc) is 2.66. The molecule has 0 aliphatic carbocycles. The van der Waals surface area contributed by atoms with Gasteiger partial charge in [0.05, 0.1) is 23.7 Å². The van der Waals surface area contributed by atoms with Crippen LogP contribution in [0.4, 0.5) is 4.39 Å². The molecular weight excluding hydrogens is 431 g/mol. The van der Waals surface area contributed by atoms with Crippen LogP contribution in [-0.2, 0) is 31.2 Å². The molecule has 2 rings (SSSR count). The van der Waals surface area contributed by atoms with Crippen molar-refractivity contribution >= 4 is 25.8 Å². The molecule has 0 saturated carbocycles. The largest absolute Gasteiger partial charge is 0.348 e. The van der Waals surface area contributed by atoms with E-state index in [0.29, 0.717) is 12.0 Å². The highest BCUT2D eigenvalue weighted by Gasteiger charge is 2.23. The number of rotatable bonds is 9. The number of sulfone groups is 1. The highest BCUT2D eigenvalue weighted by atomic mass is 32.2. The predicted octanol–water partition coefficient (Wildman–Crippen LogP) is 2.26. The molecule has 0 aliphatic rings. The molecule has 2 aromatic carbocycles. The molecule has 1 amide bonds. The molecule has 10 heteroatoms. The van der Waals surface area contributed by atoms with Gasteiger partial charge in [-0.05, 0) is 30.2 Å². The van der Waals surface area contributed by atoms with E-state index in [0.717, 1.165) is 16.8 Å². The van der Waals surface area contributed by atoms with Gasteiger partial charge in [-0.2, -0.15) is 4.31 Å². The minimum atomic E-state index is -3.76. The van der Waals surface area contributed by atoms with Crippen molar-refractivity contribution in [3.8, 4) is 0 Å². The van der Waals surface area contributed by atoms with Crippen LogP contribution in [0.5, 0.6) is 0 Å². The molecule has 0 radical (unpaired) electrons. The van der Waals surface area contributed by atoms with Crippen molar-refractivity contribution in [2.45, 2.75) is 30.8 Å². The second-order valence-electron chi connectivity index (χ2n) is 6.99. The third-order valence-electron chi connectivity index (χ3n) is 4.55. The normalized spacial score (nSPS) is 13.2. The Hall–Kier alpha value is -2.30. The Morgan fingerprint density at radius 2 is 1.63 bits per heavy atom. The van der Waals surface area contributed by atoms with Crippen molar-refractivity contribution in [1.82, 2.24) is 9.62 Å². The van der Waals surface area contributed by atoms with Gasteiger partial charge in [-0.1, -0.05) is 37.3 Å².